The highest BCUT2D eigenvalue weighted by Crippen LogP contribution is 2.39. The Bertz CT molecular complexity index is 2920. The molecule has 2 unspecified atom stereocenters. The van der Waals surface area contributed by atoms with Crippen molar-refractivity contribution in [1.82, 2.24) is 45.6 Å². The van der Waals surface area contributed by atoms with E-state index in [0.717, 1.165) is 103 Å². The zero-order valence-corrected chi connectivity index (χ0v) is 42.6. The minimum absolute atomic E-state index is 0.00290. The third kappa shape index (κ3) is 10.7. The van der Waals surface area contributed by atoms with Crippen LogP contribution < -0.4 is 26.2 Å². The Balaban J connectivity index is 0.699. The van der Waals surface area contributed by atoms with Gasteiger partial charge in [0.25, 0.3) is 5.91 Å². The van der Waals surface area contributed by atoms with Crippen LogP contribution in [-0.2, 0) is 22.7 Å². The minimum atomic E-state index is -0.944. The molecule has 3 aromatic carbocycles. The number of amides is 3. The lowest BCUT2D eigenvalue weighted by atomic mass is 9.85. The first-order chi connectivity index (χ1) is 35.2. The highest BCUT2D eigenvalue weighted by Gasteiger charge is 2.45. The highest BCUT2D eigenvalue weighted by atomic mass is 32.1. The summed E-state index contributed by atoms with van der Waals surface area (Å²) in [4.78, 5) is 65.4. The normalized spacial score (nSPS) is 20.8. The van der Waals surface area contributed by atoms with Gasteiger partial charge in [-0.3, -0.25) is 19.3 Å². The first kappa shape index (κ1) is 49.6. The molecule has 17 nitrogen and oxygen atoms in total. The van der Waals surface area contributed by atoms with Crippen LogP contribution in [0.1, 0.15) is 91.5 Å². The Morgan fingerprint density at radius 1 is 0.863 bits per heavy atom. The molecule has 380 valence electrons. The number of nitrogens with two attached hydrogens (primary N) is 1. The summed E-state index contributed by atoms with van der Waals surface area (Å²) in [5.41, 5.74) is 15.1. The molecule has 0 radical (unpaired) electrons. The molecule has 4 aliphatic rings. The van der Waals surface area contributed by atoms with Gasteiger partial charge in [0.05, 0.1) is 33.6 Å². The number of nitrogens with one attached hydrogen (secondary N) is 2. The van der Waals surface area contributed by atoms with E-state index in [4.69, 9.17) is 15.7 Å². The predicted octanol–water partition coefficient (Wildman–Crippen LogP) is 6.31. The molecule has 18 heteroatoms. The summed E-state index contributed by atoms with van der Waals surface area (Å²) >= 11 is 1.58. The number of hydrogen-bond donors (Lipinski definition) is 5. The second-order valence-electron chi connectivity index (χ2n) is 21.1. The smallest absolute Gasteiger partial charge is 0.251 e. The number of benzene rings is 3. The molecule has 4 saturated heterocycles. The van der Waals surface area contributed by atoms with E-state index in [1.54, 1.807) is 35.6 Å². The Labute approximate surface area is 429 Å². The molecule has 73 heavy (non-hydrogen) atoms. The van der Waals surface area contributed by atoms with Crippen LogP contribution in [0.5, 0.6) is 5.75 Å². The van der Waals surface area contributed by atoms with E-state index in [2.05, 4.69) is 40.5 Å². The Hall–Kier alpha value is -7.02. The zero-order chi connectivity index (χ0) is 51.0. The molecule has 7 heterocycles. The third-order valence-electron chi connectivity index (χ3n) is 15.1. The number of carbonyl (C=O) groups is 3. The number of likely N-dealkylation sites (tertiary alicyclic amines) is 2. The van der Waals surface area contributed by atoms with Crippen molar-refractivity contribution in [2.45, 2.75) is 109 Å². The van der Waals surface area contributed by atoms with Crippen LogP contribution in [-0.4, -0.2) is 126 Å². The number of piperidine rings is 1. The van der Waals surface area contributed by atoms with E-state index in [1.807, 2.05) is 100 Å². The van der Waals surface area contributed by atoms with Crippen molar-refractivity contribution in [3.8, 4) is 27.4 Å². The van der Waals surface area contributed by atoms with Gasteiger partial charge in [-0.25, -0.2) is 15.0 Å². The monoisotopic (exact) mass is 1000 g/mol. The fourth-order valence-corrected chi connectivity index (χ4v) is 11.8. The van der Waals surface area contributed by atoms with Crippen LogP contribution >= 0.6 is 11.3 Å². The number of thiazole rings is 1. The van der Waals surface area contributed by atoms with Crippen LogP contribution in [0.4, 0.5) is 17.5 Å². The summed E-state index contributed by atoms with van der Waals surface area (Å²) in [5.74, 6) is 0.511. The number of aromatic hydroxyl groups is 1. The number of β-amino-alcohol motifs (C(OH)–C–C–N with tert-alkyl or cyclic N) is 1. The third-order valence-corrected chi connectivity index (χ3v) is 16.0. The molecule has 0 aliphatic carbocycles. The van der Waals surface area contributed by atoms with E-state index < -0.39 is 29.5 Å². The lowest BCUT2D eigenvalue weighted by Crippen LogP contribution is -2.57. The number of phenolic OH excluding ortho intramolecular Hbond substituents is 1. The second kappa shape index (κ2) is 20.8. The van der Waals surface area contributed by atoms with Gasteiger partial charge in [-0.15, -0.1) is 21.5 Å². The van der Waals surface area contributed by atoms with Gasteiger partial charge in [0, 0.05) is 74.7 Å². The molecule has 2 bridgehead atoms. The lowest BCUT2D eigenvalue weighted by Gasteiger charge is -2.42. The number of aliphatic hydroxyl groups is 1. The van der Waals surface area contributed by atoms with Gasteiger partial charge in [0.1, 0.15) is 17.8 Å². The molecule has 4 fully saturated rings. The van der Waals surface area contributed by atoms with Gasteiger partial charge in [0.15, 0.2) is 5.82 Å². The number of aliphatic hydroxyl groups excluding tert-OH is 1. The Morgan fingerprint density at radius 2 is 1.55 bits per heavy atom. The molecule has 4 aliphatic heterocycles. The molecule has 0 spiro atoms. The molecule has 10 rings (SSSR count). The Morgan fingerprint density at radius 3 is 2.21 bits per heavy atom. The van der Waals surface area contributed by atoms with Crippen LogP contribution in [0.25, 0.3) is 21.7 Å². The van der Waals surface area contributed by atoms with Crippen molar-refractivity contribution < 1.29 is 24.6 Å². The van der Waals surface area contributed by atoms with Gasteiger partial charge in [-0.1, -0.05) is 69.3 Å². The summed E-state index contributed by atoms with van der Waals surface area (Å²) in [6.45, 7) is 12.0. The maximum Gasteiger partial charge on any atom is 0.251 e. The van der Waals surface area contributed by atoms with Crippen molar-refractivity contribution in [3.05, 3.63) is 125 Å². The van der Waals surface area contributed by atoms with Gasteiger partial charge in [-0.2, -0.15) is 0 Å². The fraction of sp³-hybridized carbons (Fsp3) is 0.418. The number of piperazine rings is 1. The van der Waals surface area contributed by atoms with Crippen LogP contribution in [0.2, 0.25) is 0 Å². The standard InChI is InChI=1S/C55H64N12O5S/c1-33-48(73-32-60-33)37-13-9-34(10-14-37)25-57-52(71)46-23-42(68)31-66(46)53(72)49(55(2,3)4)61-51(70)38-15-11-35(12-16-38)28-64-21-19-36(20-22-64)39-26-58-54(59-27-39)67-40-17-18-41(67)30-65(29-40)45-24-44(62-63-50(45)56)43-7-5-6-8-47(43)69/h5-16,24,26-27,32,36,40-42,46,49,68-69H,17-23,25,28-31H2,1-4H3,(H2,56,63)(H,57,71)(H,61,70)/t40?,41?,42-,46+,49-/m1/s1. The van der Waals surface area contributed by atoms with Crippen molar-refractivity contribution in [2.75, 3.05) is 48.3 Å². The van der Waals surface area contributed by atoms with Crippen molar-refractivity contribution in [2.24, 2.45) is 5.41 Å². The minimum Gasteiger partial charge on any atom is -0.507 e. The lowest BCUT2D eigenvalue weighted by molar-refractivity contribution is -0.142. The number of rotatable bonds is 13. The molecule has 5 atom stereocenters. The van der Waals surface area contributed by atoms with E-state index in [-0.39, 0.29) is 49.2 Å². The average molecular weight is 1010 g/mol. The van der Waals surface area contributed by atoms with Gasteiger partial charge < -0.3 is 41.3 Å². The average Bonchev–Trinajstić information content (AvgIpc) is 4.08. The number of aryl methyl sites for hydroxylation is 1. The number of phenols is 1. The summed E-state index contributed by atoms with van der Waals surface area (Å²) in [6.07, 6.45) is 7.31. The zero-order valence-electron chi connectivity index (χ0n) is 41.8. The molecular formula is C55H64N12O5S. The van der Waals surface area contributed by atoms with Crippen molar-refractivity contribution >= 4 is 46.5 Å². The number of fused-ring (bicyclic) bond motifs is 2. The maximum atomic E-state index is 14.3. The van der Waals surface area contributed by atoms with Gasteiger partial charge in [-0.05, 0) is 110 Å². The topological polar surface area (TPSA) is 219 Å². The molecule has 6 aromatic rings. The summed E-state index contributed by atoms with van der Waals surface area (Å²) in [6, 6.07) is 23.2. The number of nitrogen functional groups attached to an aromatic ring is 1. The van der Waals surface area contributed by atoms with Gasteiger partial charge >= 0.3 is 0 Å². The fourth-order valence-electron chi connectivity index (χ4n) is 11.0. The number of nitrogens with zero attached hydrogens (tertiary/aromatic N) is 9. The first-order valence-corrected chi connectivity index (χ1v) is 26.2. The van der Waals surface area contributed by atoms with Crippen LogP contribution in [0, 0.1) is 12.3 Å². The molecule has 3 aromatic heterocycles. The molecule has 0 saturated carbocycles. The molecule has 6 N–H and O–H groups in total. The summed E-state index contributed by atoms with van der Waals surface area (Å²) in [7, 11) is 0. The number of aromatic nitrogens is 5. The van der Waals surface area contributed by atoms with E-state index in [9.17, 15) is 24.6 Å². The number of hydrogen-bond acceptors (Lipinski definition) is 15. The summed E-state index contributed by atoms with van der Waals surface area (Å²) < 4.78 is 0. The van der Waals surface area contributed by atoms with E-state index in [0.29, 0.717) is 28.6 Å². The molecule has 3 amide bonds. The van der Waals surface area contributed by atoms with Crippen molar-refractivity contribution in [3.63, 3.8) is 0 Å². The number of anilines is 3. The van der Waals surface area contributed by atoms with Crippen LogP contribution in [0.3, 0.4) is 0 Å². The number of carbonyl (C=O) groups excluding carboxylic acids is 3. The SMILES string of the molecule is Cc1ncsc1-c1ccc(CNC(=O)[C@@H]2C[C@@H](O)CN2C(=O)[C@@H](NC(=O)c2ccc(CN3CCC(c4cnc(N5C6CCC5CN(c5cc(-c7ccccc7O)nnc5N)C6)nc4)CC3)cc2)C(C)(C)C)cc1. The van der Waals surface area contributed by atoms with Crippen LogP contribution in [0.15, 0.2) is 96.8 Å². The quantitative estimate of drug-likeness (QED) is 0.0857. The molecular weight excluding hydrogens is 941 g/mol. The second-order valence-corrected chi connectivity index (χ2v) is 22.0. The predicted molar refractivity (Wildman–Crippen MR) is 282 cm³/mol. The number of para-hydroxylation sites is 1. The maximum absolute atomic E-state index is 14.3. The highest BCUT2D eigenvalue weighted by molar-refractivity contribution is 7.13. The Kier molecular flexibility index (Phi) is 14.1. The van der Waals surface area contributed by atoms with E-state index in [1.165, 1.54) is 4.90 Å². The largest absolute Gasteiger partial charge is 0.507 e. The van der Waals surface area contributed by atoms with Crippen molar-refractivity contribution in [1.29, 1.82) is 0 Å². The van der Waals surface area contributed by atoms with Gasteiger partial charge in [0.2, 0.25) is 17.8 Å². The first-order valence-electron chi connectivity index (χ1n) is 25.3. The summed E-state index contributed by atoms with van der Waals surface area (Å²) in [5, 5.41) is 35.6. The van der Waals surface area contributed by atoms with E-state index >= 15 is 0 Å².